The van der Waals surface area contributed by atoms with Gasteiger partial charge in [0, 0.05) is 6.54 Å². The predicted molar refractivity (Wildman–Crippen MR) is 64.7 cm³/mol. The molecule has 16 heavy (non-hydrogen) atoms. The first kappa shape index (κ1) is 13.0. The van der Waals surface area contributed by atoms with Gasteiger partial charge in [-0.3, -0.25) is 0 Å². The van der Waals surface area contributed by atoms with Crippen LogP contribution in [0.5, 0.6) is 5.88 Å². The molecular weight excluding hydrogens is 228 g/mol. The highest BCUT2D eigenvalue weighted by Gasteiger charge is 2.05. The summed E-state index contributed by atoms with van der Waals surface area (Å²) in [6.07, 6.45) is 1.44. The van der Waals surface area contributed by atoms with Crippen LogP contribution in [0.1, 0.15) is 13.8 Å². The lowest BCUT2D eigenvalue weighted by Crippen LogP contribution is -2.28. The average Bonchev–Trinajstić information content (AvgIpc) is 2.29. The Kier molecular flexibility index (Phi) is 5.28. The minimum Gasteiger partial charge on any atom is -0.475 e. The van der Waals surface area contributed by atoms with Crippen molar-refractivity contribution >= 4 is 17.5 Å². The van der Waals surface area contributed by atoms with Gasteiger partial charge in [-0.25, -0.2) is 4.98 Å². The highest BCUT2D eigenvalue weighted by Crippen LogP contribution is 2.20. The SMILES string of the molecule is CCN(CC)CCOc1nc(N)ncc1Cl. The van der Waals surface area contributed by atoms with Crippen LogP contribution in [0, 0.1) is 0 Å². The number of nitrogen functional groups attached to an aromatic ring is 1. The van der Waals surface area contributed by atoms with Gasteiger partial charge in [-0.2, -0.15) is 4.98 Å². The largest absolute Gasteiger partial charge is 0.475 e. The van der Waals surface area contributed by atoms with E-state index >= 15 is 0 Å². The van der Waals surface area contributed by atoms with Crippen molar-refractivity contribution in [1.82, 2.24) is 14.9 Å². The molecule has 5 nitrogen and oxygen atoms in total. The van der Waals surface area contributed by atoms with Crippen molar-refractivity contribution in [2.45, 2.75) is 13.8 Å². The van der Waals surface area contributed by atoms with Crippen LogP contribution in [0.4, 0.5) is 5.95 Å². The monoisotopic (exact) mass is 244 g/mol. The number of ether oxygens (including phenoxy) is 1. The first-order valence-corrected chi connectivity index (χ1v) is 5.68. The van der Waals surface area contributed by atoms with Crippen molar-refractivity contribution in [3.8, 4) is 5.88 Å². The van der Waals surface area contributed by atoms with Crippen LogP contribution in [0.3, 0.4) is 0 Å². The number of likely N-dealkylation sites (N-methyl/N-ethyl adjacent to an activating group) is 1. The van der Waals surface area contributed by atoms with E-state index in [0.717, 1.165) is 19.6 Å². The lowest BCUT2D eigenvalue weighted by molar-refractivity contribution is 0.218. The molecule has 90 valence electrons. The van der Waals surface area contributed by atoms with Gasteiger partial charge >= 0.3 is 0 Å². The molecular formula is C10H17ClN4O. The number of halogens is 1. The molecule has 0 atom stereocenters. The Balaban J connectivity index is 2.45. The zero-order valence-electron chi connectivity index (χ0n) is 9.61. The Morgan fingerprint density at radius 2 is 2.12 bits per heavy atom. The first-order valence-electron chi connectivity index (χ1n) is 5.30. The second-order valence-electron chi connectivity index (χ2n) is 3.26. The maximum Gasteiger partial charge on any atom is 0.237 e. The van der Waals surface area contributed by atoms with E-state index in [2.05, 4.69) is 28.7 Å². The Hall–Kier alpha value is -1.07. The van der Waals surface area contributed by atoms with E-state index < -0.39 is 0 Å². The van der Waals surface area contributed by atoms with Crippen molar-refractivity contribution in [3.05, 3.63) is 11.2 Å². The van der Waals surface area contributed by atoms with Gasteiger partial charge in [0.05, 0.1) is 6.20 Å². The molecule has 0 unspecified atom stereocenters. The zero-order chi connectivity index (χ0) is 12.0. The highest BCUT2D eigenvalue weighted by molar-refractivity contribution is 6.31. The summed E-state index contributed by atoms with van der Waals surface area (Å²) in [6, 6.07) is 0. The predicted octanol–water partition coefficient (Wildman–Crippen LogP) is 1.43. The summed E-state index contributed by atoms with van der Waals surface area (Å²) in [6.45, 7) is 7.60. The molecule has 0 aliphatic rings. The van der Waals surface area contributed by atoms with Gasteiger partial charge in [0.2, 0.25) is 11.8 Å². The highest BCUT2D eigenvalue weighted by atomic mass is 35.5. The summed E-state index contributed by atoms with van der Waals surface area (Å²) >= 11 is 5.86. The third kappa shape index (κ3) is 3.83. The summed E-state index contributed by atoms with van der Waals surface area (Å²) in [5.74, 6) is 0.517. The molecule has 1 aromatic heterocycles. The second kappa shape index (κ2) is 6.50. The Bertz CT molecular complexity index is 331. The van der Waals surface area contributed by atoms with Crippen LogP contribution in [0.2, 0.25) is 5.02 Å². The molecule has 0 aromatic carbocycles. The lowest BCUT2D eigenvalue weighted by Gasteiger charge is -2.17. The first-order chi connectivity index (χ1) is 7.67. The fourth-order valence-corrected chi connectivity index (χ4v) is 1.42. The third-order valence-electron chi connectivity index (χ3n) is 2.27. The number of aromatic nitrogens is 2. The van der Waals surface area contributed by atoms with Crippen LogP contribution in [0.25, 0.3) is 0 Å². The zero-order valence-corrected chi connectivity index (χ0v) is 10.4. The number of hydrogen-bond acceptors (Lipinski definition) is 5. The minimum atomic E-state index is 0.169. The molecule has 0 aliphatic heterocycles. The van der Waals surface area contributed by atoms with Crippen LogP contribution >= 0.6 is 11.6 Å². The molecule has 0 bridgehead atoms. The van der Waals surface area contributed by atoms with Crippen LogP contribution in [0.15, 0.2) is 6.20 Å². The maximum atomic E-state index is 5.86. The third-order valence-corrected chi connectivity index (χ3v) is 2.53. The minimum absolute atomic E-state index is 0.169. The van der Waals surface area contributed by atoms with Crippen LogP contribution in [-0.2, 0) is 0 Å². The summed E-state index contributed by atoms with van der Waals surface area (Å²) in [5.41, 5.74) is 5.44. The van der Waals surface area contributed by atoms with Crippen molar-refractivity contribution in [2.75, 3.05) is 32.0 Å². The number of rotatable bonds is 6. The molecule has 2 N–H and O–H groups in total. The normalized spacial score (nSPS) is 10.8. The van der Waals surface area contributed by atoms with E-state index in [1.165, 1.54) is 6.20 Å². The summed E-state index contributed by atoms with van der Waals surface area (Å²) in [7, 11) is 0. The number of nitrogens with two attached hydrogens (primary N) is 1. The molecule has 0 amide bonds. The topological polar surface area (TPSA) is 64.3 Å². The molecule has 0 radical (unpaired) electrons. The van der Waals surface area contributed by atoms with E-state index in [1.807, 2.05) is 0 Å². The quantitative estimate of drug-likeness (QED) is 0.820. The summed E-state index contributed by atoms with van der Waals surface area (Å²) in [5, 5.41) is 0.383. The fourth-order valence-electron chi connectivity index (χ4n) is 1.28. The van der Waals surface area contributed by atoms with Crippen LogP contribution < -0.4 is 10.5 Å². The standard InChI is InChI=1S/C10H17ClN4O/c1-3-15(4-2)5-6-16-9-8(11)7-13-10(12)14-9/h7H,3-6H2,1-2H3,(H2,12,13,14). The molecule has 0 spiro atoms. The van der Waals surface area contributed by atoms with E-state index in [9.17, 15) is 0 Å². The second-order valence-corrected chi connectivity index (χ2v) is 3.66. The number of anilines is 1. The van der Waals surface area contributed by atoms with E-state index in [1.54, 1.807) is 0 Å². The van der Waals surface area contributed by atoms with E-state index in [0.29, 0.717) is 17.5 Å². The van der Waals surface area contributed by atoms with Crippen LogP contribution in [-0.4, -0.2) is 41.1 Å². The van der Waals surface area contributed by atoms with Gasteiger partial charge in [-0.15, -0.1) is 0 Å². The molecule has 0 saturated carbocycles. The summed E-state index contributed by atoms with van der Waals surface area (Å²) in [4.78, 5) is 9.92. The van der Waals surface area contributed by atoms with Gasteiger partial charge < -0.3 is 15.4 Å². The Labute approximate surface area is 101 Å². The van der Waals surface area contributed by atoms with Crippen molar-refractivity contribution in [3.63, 3.8) is 0 Å². The van der Waals surface area contributed by atoms with Gasteiger partial charge in [-0.05, 0) is 13.1 Å². The molecule has 1 rings (SSSR count). The molecule has 6 heteroatoms. The van der Waals surface area contributed by atoms with Crippen molar-refractivity contribution < 1.29 is 4.74 Å². The molecule has 1 heterocycles. The average molecular weight is 245 g/mol. The lowest BCUT2D eigenvalue weighted by atomic mass is 10.5. The Morgan fingerprint density at radius 1 is 1.44 bits per heavy atom. The molecule has 0 fully saturated rings. The smallest absolute Gasteiger partial charge is 0.237 e. The number of nitrogens with zero attached hydrogens (tertiary/aromatic N) is 3. The fraction of sp³-hybridized carbons (Fsp3) is 0.600. The summed E-state index contributed by atoms with van der Waals surface area (Å²) < 4.78 is 5.45. The maximum absolute atomic E-state index is 5.86. The van der Waals surface area contributed by atoms with E-state index in [4.69, 9.17) is 22.1 Å². The molecule has 1 aromatic rings. The van der Waals surface area contributed by atoms with Crippen molar-refractivity contribution in [1.29, 1.82) is 0 Å². The van der Waals surface area contributed by atoms with Crippen molar-refractivity contribution in [2.24, 2.45) is 0 Å². The molecule has 0 aliphatic carbocycles. The van der Waals surface area contributed by atoms with Gasteiger partial charge in [-0.1, -0.05) is 25.4 Å². The number of hydrogen-bond donors (Lipinski definition) is 1. The molecule has 0 saturated heterocycles. The van der Waals surface area contributed by atoms with Gasteiger partial charge in [0.15, 0.2) is 0 Å². The Morgan fingerprint density at radius 3 is 2.75 bits per heavy atom. The van der Waals surface area contributed by atoms with Gasteiger partial charge in [0.1, 0.15) is 11.6 Å². The van der Waals surface area contributed by atoms with E-state index in [-0.39, 0.29) is 5.95 Å². The van der Waals surface area contributed by atoms with Gasteiger partial charge in [0.25, 0.3) is 0 Å².